The van der Waals surface area contributed by atoms with Gasteiger partial charge in [-0.15, -0.1) is 0 Å². The van der Waals surface area contributed by atoms with Crippen molar-refractivity contribution >= 4 is 5.82 Å². The molecule has 0 fully saturated rings. The number of nitrogens with zero attached hydrogens (tertiary/aromatic N) is 3. The second-order valence-corrected chi connectivity index (χ2v) is 4.23. The van der Waals surface area contributed by atoms with E-state index in [-0.39, 0.29) is 5.56 Å². The van der Waals surface area contributed by atoms with Gasteiger partial charge >= 0.3 is 0 Å². The lowest BCUT2D eigenvalue weighted by atomic mass is 10.2. The zero-order valence-electron chi connectivity index (χ0n) is 10.7. The minimum Gasteiger partial charge on any atom is -0.366 e. The van der Waals surface area contributed by atoms with Gasteiger partial charge < -0.3 is 10.3 Å². The number of hydrogen-bond donors (Lipinski definition) is 2. The number of aromatic amines is 1. The van der Waals surface area contributed by atoms with Crippen LogP contribution in [-0.4, -0.2) is 19.7 Å². The van der Waals surface area contributed by atoms with Crippen LogP contribution in [0.5, 0.6) is 0 Å². The summed E-state index contributed by atoms with van der Waals surface area (Å²) in [5.41, 5.74) is 1.89. The van der Waals surface area contributed by atoms with Crippen LogP contribution >= 0.6 is 0 Å². The number of nitrogens with one attached hydrogen (secondary N) is 2. The normalized spacial score (nSPS) is 10.4. The molecule has 3 rings (SSSR count). The molecule has 0 radical (unpaired) electrons. The first-order chi connectivity index (χ1) is 9.83. The maximum Gasteiger partial charge on any atom is 0.252 e. The summed E-state index contributed by atoms with van der Waals surface area (Å²) in [6.45, 7) is 0.562. The van der Waals surface area contributed by atoms with Crippen LogP contribution in [0.2, 0.25) is 0 Å². The highest BCUT2D eigenvalue weighted by Gasteiger charge is 2.04. The highest BCUT2D eigenvalue weighted by Crippen LogP contribution is 2.14. The predicted molar refractivity (Wildman–Crippen MR) is 75.7 cm³/mol. The van der Waals surface area contributed by atoms with Crippen LogP contribution in [0.1, 0.15) is 5.56 Å². The average molecular weight is 267 g/mol. The van der Waals surface area contributed by atoms with Crippen molar-refractivity contribution < 1.29 is 0 Å². The SMILES string of the molecule is O=c1cc(NCc2ccccc2-n2cccn2)nc[nH]1. The maximum absolute atomic E-state index is 11.2. The van der Waals surface area contributed by atoms with Crippen molar-refractivity contribution in [3.05, 3.63) is 71.0 Å². The summed E-state index contributed by atoms with van der Waals surface area (Å²) in [4.78, 5) is 17.7. The smallest absolute Gasteiger partial charge is 0.252 e. The molecule has 3 aromatic rings. The maximum atomic E-state index is 11.2. The summed E-state index contributed by atoms with van der Waals surface area (Å²) in [5, 5.41) is 7.37. The second kappa shape index (κ2) is 5.40. The van der Waals surface area contributed by atoms with Crippen molar-refractivity contribution in [2.75, 3.05) is 5.32 Å². The number of anilines is 1. The van der Waals surface area contributed by atoms with Gasteiger partial charge in [-0.1, -0.05) is 18.2 Å². The predicted octanol–water partition coefficient (Wildman–Crippen LogP) is 1.57. The Bertz CT molecular complexity index is 748. The van der Waals surface area contributed by atoms with Crippen LogP contribution < -0.4 is 10.9 Å². The van der Waals surface area contributed by atoms with Gasteiger partial charge in [0.2, 0.25) is 0 Å². The zero-order chi connectivity index (χ0) is 13.8. The lowest BCUT2D eigenvalue weighted by Gasteiger charge is -2.10. The Morgan fingerprint density at radius 2 is 2.15 bits per heavy atom. The summed E-state index contributed by atoms with van der Waals surface area (Å²) < 4.78 is 1.81. The minimum atomic E-state index is -0.178. The number of benzene rings is 1. The van der Waals surface area contributed by atoms with Crippen LogP contribution in [0.4, 0.5) is 5.82 Å². The molecule has 0 aliphatic rings. The first kappa shape index (κ1) is 12.2. The quantitative estimate of drug-likeness (QED) is 0.752. The van der Waals surface area contributed by atoms with E-state index in [4.69, 9.17) is 0 Å². The van der Waals surface area contributed by atoms with E-state index in [1.54, 1.807) is 6.20 Å². The van der Waals surface area contributed by atoms with E-state index in [1.165, 1.54) is 12.4 Å². The Morgan fingerprint density at radius 1 is 1.25 bits per heavy atom. The number of hydrogen-bond acceptors (Lipinski definition) is 4. The topological polar surface area (TPSA) is 75.6 Å². The molecule has 100 valence electrons. The molecule has 0 amide bonds. The Labute approximate surface area is 115 Å². The molecule has 0 saturated heterocycles. The van der Waals surface area contributed by atoms with Crippen LogP contribution in [-0.2, 0) is 6.54 Å². The second-order valence-electron chi connectivity index (χ2n) is 4.23. The van der Waals surface area contributed by atoms with Crippen molar-refractivity contribution in [3.63, 3.8) is 0 Å². The molecule has 0 spiro atoms. The fourth-order valence-electron chi connectivity index (χ4n) is 1.95. The van der Waals surface area contributed by atoms with Crippen molar-refractivity contribution in [1.82, 2.24) is 19.7 Å². The molecule has 0 aliphatic carbocycles. The van der Waals surface area contributed by atoms with Crippen LogP contribution in [0.3, 0.4) is 0 Å². The molecule has 6 nitrogen and oxygen atoms in total. The molecular weight excluding hydrogens is 254 g/mol. The van der Waals surface area contributed by atoms with Crippen LogP contribution in [0.15, 0.2) is 59.9 Å². The van der Waals surface area contributed by atoms with E-state index in [2.05, 4.69) is 20.4 Å². The number of rotatable bonds is 4. The largest absolute Gasteiger partial charge is 0.366 e. The molecule has 6 heteroatoms. The van der Waals surface area contributed by atoms with E-state index in [0.717, 1.165) is 11.3 Å². The highest BCUT2D eigenvalue weighted by molar-refractivity contribution is 5.43. The Hall–Kier alpha value is -2.89. The average Bonchev–Trinajstić information content (AvgIpc) is 3.00. The van der Waals surface area contributed by atoms with E-state index >= 15 is 0 Å². The summed E-state index contributed by atoms with van der Waals surface area (Å²) >= 11 is 0. The van der Waals surface area contributed by atoms with E-state index in [0.29, 0.717) is 12.4 Å². The first-order valence-electron chi connectivity index (χ1n) is 6.19. The van der Waals surface area contributed by atoms with Crippen LogP contribution in [0.25, 0.3) is 5.69 Å². The van der Waals surface area contributed by atoms with Crippen LogP contribution in [0, 0.1) is 0 Å². The fourth-order valence-corrected chi connectivity index (χ4v) is 1.95. The Morgan fingerprint density at radius 3 is 2.95 bits per heavy atom. The third-order valence-corrected chi connectivity index (χ3v) is 2.88. The summed E-state index contributed by atoms with van der Waals surface area (Å²) in [6, 6.07) is 11.2. The van der Waals surface area contributed by atoms with Crippen molar-refractivity contribution in [2.45, 2.75) is 6.54 Å². The van der Waals surface area contributed by atoms with Gasteiger partial charge in [-0.2, -0.15) is 5.10 Å². The van der Waals surface area contributed by atoms with Crippen molar-refractivity contribution in [2.24, 2.45) is 0 Å². The molecular formula is C14H13N5O. The Balaban J connectivity index is 1.83. The third kappa shape index (κ3) is 2.59. The van der Waals surface area contributed by atoms with Gasteiger partial charge in [-0.25, -0.2) is 9.67 Å². The van der Waals surface area contributed by atoms with Gasteiger partial charge in [0.1, 0.15) is 5.82 Å². The van der Waals surface area contributed by atoms with Gasteiger partial charge in [0, 0.05) is 25.0 Å². The van der Waals surface area contributed by atoms with E-state index in [9.17, 15) is 4.79 Å². The first-order valence-corrected chi connectivity index (χ1v) is 6.19. The van der Waals surface area contributed by atoms with Gasteiger partial charge in [-0.05, 0) is 17.7 Å². The molecule has 2 aromatic heterocycles. The fraction of sp³-hybridized carbons (Fsp3) is 0.0714. The van der Waals surface area contributed by atoms with E-state index < -0.39 is 0 Å². The molecule has 0 aliphatic heterocycles. The zero-order valence-corrected chi connectivity index (χ0v) is 10.7. The molecule has 0 saturated carbocycles. The molecule has 1 aromatic carbocycles. The summed E-state index contributed by atoms with van der Waals surface area (Å²) in [5.74, 6) is 0.545. The molecule has 2 heterocycles. The molecule has 0 unspecified atom stereocenters. The van der Waals surface area contributed by atoms with Gasteiger partial charge in [-0.3, -0.25) is 4.79 Å². The van der Waals surface area contributed by atoms with Gasteiger partial charge in [0.15, 0.2) is 0 Å². The standard InChI is InChI=1S/C14H13N5O/c20-14-8-13(16-10-17-14)15-9-11-4-1-2-5-12(11)19-7-3-6-18-19/h1-8,10H,9H2,(H2,15,16,17,20). The molecule has 20 heavy (non-hydrogen) atoms. The molecule has 0 bridgehead atoms. The lowest BCUT2D eigenvalue weighted by Crippen LogP contribution is -2.10. The minimum absolute atomic E-state index is 0.178. The van der Waals surface area contributed by atoms with Gasteiger partial charge in [0.25, 0.3) is 5.56 Å². The van der Waals surface area contributed by atoms with Crippen molar-refractivity contribution in [1.29, 1.82) is 0 Å². The lowest BCUT2D eigenvalue weighted by molar-refractivity contribution is 0.863. The summed E-state index contributed by atoms with van der Waals surface area (Å²) in [6.07, 6.45) is 5.01. The van der Waals surface area contributed by atoms with E-state index in [1.807, 2.05) is 41.2 Å². The van der Waals surface area contributed by atoms with Crippen molar-refractivity contribution in [3.8, 4) is 5.69 Å². The summed E-state index contributed by atoms with van der Waals surface area (Å²) in [7, 11) is 0. The Kier molecular flexibility index (Phi) is 3.28. The number of aromatic nitrogens is 4. The number of H-pyrrole nitrogens is 1. The molecule has 0 atom stereocenters. The number of para-hydroxylation sites is 1. The van der Waals surface area contributed by atoms with Gasteiger partial charge in [0.05, 0.1) is 12.0 Å². The molecule has 2 N–H and O–H groups in total. The monoisotopic (exact) mass is 267 g/mol. The third-order valence-electron chi connectivity index (χ3n) is 2.88. The highest BCUT2D eigenvalue weighted by atomic mass is 16.1.